The van der Waals surface area contributed by atoms with Gasteiger partial charge in [-0.25, -0.2) is 4.79 Å². The zero-order chi connectivity index (χ0) is 16.9. The first-order chi connectivity index (χ1) is 11.7. The standard InChI is InChI=1S/C19H30N4O/c1-3-9-23-10-8-15(12-23)11-20-19(24)21-18-14-22(2)13-16-6-4-5-7-17(16)18/h4-7,15,18H,3,8-14H2,1-2H3,(H2,20,21,24). The SMILES string of the molecule is CCCN1CCC(CNC(=O)NC2CN(C)Cc3ccccc32)C1. The number of carbonyl (C=O) groups is 1. The van der Waals surface area contributed by atoms with Crippen LogP contribution in [0.1, 0.15) is 36.9 Å². The molecule has 2 aliphatic rings. The minimum Gasteiger partial charge on any atom is -0.338 e. The lowest BCUT2D eigenvalue weighted by molar-refractivity contribution is 0.221. The van der Waals surface area contributed by atoms with Gasteiger partial charge < -0.3 is 15.5 Å². The van der Waals surface area contributed by atoms with E-state index in [0.29, 0.717) is 5.92 Å². The molecule has 2 unspecified atom stereocenters. The van der Waals surface area contributed by atoms with Gasteiger partial charge in [0.2, 0.25) is 0 Å². The van der Waals surface area contributed by atoms with Crippen LogP contribution in [-0.4, -0.2) is 55.6 Å². The summed E-state index contributed by atoms with van der Waals surface area (Å²) < 4.78 is 0. The zero-order valence-electron chi connectivity index (χ0n) is 14.9. The Morgan fingerprint density at radius 3 is 2.96 bits per heavy atom. The lowest BCUT2D eigenvalue weighted by atomic mass is 9.96. The smallest absolute Gasteiger partial charge is 0.315 e. The molecule has 1 fully saturated rings. The summed E-state index contributed by atoms with van der Waals surface area (Å²) >= 11 is 0. The molecule has 2 heterocycles. The maximum Gasteiger partial charge on any atom is 0.315 e. The number of hydrogen-bond donors (Lipinski definition) is 2. The van der Waals surface area contributed by atoms with Crippen molar-refractivity contribution < 1.29 is 4.79 Å². The maximum atomic E-state index is 12.3. The number of nitrogens with one attached hydrogen (secondary N) is 2. The van der Waals surface area contributed by atoms with Crippen molar-refractivity contribution in [2.24, 2.45) is 5.92 Å². The largest absolute Gasteiger partial charge is 0.338 e. The van der Waals surface area contributed by atoms with E-state index in [2.05, 4.69) is 58.7 Å². The Hall–Kier alpha value is -1.59. The fourth-order valence-corrected chi connectivity index (χ4v) is 3.95. The van der Waals surface area contributed by atoms with E-state index < -0.39 is 0 Å². The Morgan fingerprint density at radius 1 is 1.29 bits per heavy atom. The number of carbonyl (C=O) groups excluding carboxylic acids is 1. The lowest BCUT2D eigenvalue weighted by Crippen LogP contribution is -2.45. The summed E-state index contributed by atoms with van der Waals surface area (Å²) in [6.45, 7) is 8.26. The Bertz CT molecular complexity index is 562. The van der Waals surface area contributed by atoms with E-state index in [1.807, 2.05) is 0 Å². The van der Waals surface area contributed by atoms with Crippen LogP contribution in [0.2, 0.25) is 0 Å². The summed E-state index contributed by atoms with van der Waals surface area (Å²) in [4.78, 5) is 17.1. The molecule has 0 saturated carbocycles. The fourth-order valence-electron chi connectivity index (χ4n) is 3.95. The third kappa shape index (κ3) is 4.28. The van der Waals surface area contributed by atoms with E-state index in [0.717, 1.165) is 26.2 Å². The second kappa shape index (κ2) is 7.99. The van der Waals surface area contributed by atoms with Gasteiger partial charge in [-0.3, -0.25) is 4.90 Å². The van der Waals surface area contributed by atoms with Gasteiger partial charge in [0.25, 0.3) is 0 Å². The van der Waals surface area contributed by atoms with Crippen molar-refractivity contribution in [2.45, 2.75) is 32.4 Å². The van der Waals surface area contributed by atoms with Crippen LogP contribution >= 0.6 is 0 Å². The van der Waals surface area contributed by atoms with Crippen molar-refractivity contribution in [3.05, 3.63) is 35.4 Å². The van der Waals surface area contributed by atoms with E-state index in [1.165, 1.54) is 37.1 Å². The number of benzene rings is 1. The summed E-state index contributed by atoms with van der Waals surface area (Å²) in [5.74, 6) is 0.587. The van der Waals surface area contributed by atoms with E-state index in [1.54, 1.807) is 0 Å². The highest BCUT2D eigenvalue weighted by Gasteiger charge is 2.25. The maximum absolute atomic E-state index is 12.3. The molecule has 1 aromatic carbocycles. The number of urea groups is 1. The quantitative estimate of drug-likeness (QED) is 0.870. The van der Waals surface area contributed by atoms with Crippen molar-refractivity contribution in [1.82, 2.24) is 20.4 Å². The van der Waals surface area contributed by atoms with Crippen LogP contribution in [0.15, 0.2) is 24.3 Å². The molecule has 2 N–H and O–H groups in total. The molecule has 5 heteroatoms. The van der Waals surface area contributed by atoms with Crippen molar-refractivity contribution in [3.63, 3.8) is 0 Å². The summed E-state index contributed by atoms with van der Waals surface area (Å²) in [5, 5.41) is 6.25. The van der Waals surface area contributed by atoms with Gasteiger partial charge in [-0.1, -0.05) is 31.2 Å². The first-order valence-electron chi connectivity index (χ1n) is 9.18. The van der Waals surface area contributed by atoms with Crippen LogP contribution in [0.25, 0.3) is 0 Å². The summed E-state index contributed by atoms with van der Waals surface area (Å²) in [5.41, 5.74) is 2.56. The number of likely N-dealkylation sites (tertiary alicyclic amines) is 1. The topological polar surface area (TPSA) is 47.6 Å². The highest BCUT2D eigenvalue weighted by atomic mass is 16.2. The van der Waals surface area contributed by atoms with Crippen molar-refractivity contribution in [3.8, 4) is 0 Å². The Labute approximate surface area is 145 Å². The van der Waals surface area contributed by atoms with E-state index in [9.17, 15) is 4.79 Å². The molecule has 3 rings (SSSR count). The predicted molar refractivity (Wildman–Crippen MR) is 96.9 cm³/mol. The van der Waals surface area contributed by atoms with Crippen molar-refractivity contribution in [1.29, 1.82) is 0 Å². The second-order valence-corrected chi connectivity index (χ2v) is 7.26. The van der Waals surface area contributed by atoms with Crippen LogP contribution in [0, 0.1) is 5.92 Å². The normalized spacial score (nSPS) is 24.6. The Balaban J connectivity index is 1.49. The van der Waals surface area contributed by atoms with Crippen LogP contribution in [0.5, 0.6) is 0 Å². The van der Waals surface area contributed by atoms with Gasteiger partial charge >= 0.3 is 6.03 Å². The Morgan fingerprint density at radius 2 is 2.12 bits per heavy atom. The summed E-state index contributed by atoms with van der Waals surface area (Å²) in [6.07, 6.45) is 2.39. The molecule has 1 aromatic rings. The minimum atomic E-state index is -0.0426. The fraction of sp³-hybridized carbons (Fsp3) is 0.632. The van der Waals surface area contributed by atoms with Crippen LogP contribution < -0.4 is 10.6 Å². The predicted octanol–water partition coefficient (Wildman–Crippen LogP) is 2.20. The van der Waals surface area contributed by atoms with Crippen LogP contribution in [0.4, 0.5) is 4.79 Å². The first kappa shape index (κ1) is 17.2. The third-order valence-corrected chi connectivity index (χ3v) is 5.13. The molecule has 0 spiro atoms. The molecule has 2 amide bonds. The molecule has 0 aliphatic carbocycles. The molecule has 5 nitrogen and oxygen atoms in total. The van der Waals surface area contributed by atoms with Gasteiger partial charge in [0.1, 0.15) is 0 Å². The van der Waals surface area contributed by atoms with Gasteiger partial charge in [-0.15, -0.1) is 0 Å². The number of nitrogens with zero attached hydrogens (tertiary/aromatic N) is 2. The van der Waals surface area contributed by atoms with E-state index in [-0.39, 0.29) is 12.1 Å². The van der Waals surface area contributed by atoms with E-state index in [4.69, 9.17) is 0 Å². The van der Waals surface area contributed by atoms with Crippen LogP contribution in [-0.2, 0) is 6.54 Å². The zero-order valence-corrected chi connectivity index (χ0v) is 14.9. The molecular formula is C19H30N4O. The highest BCUT2D eigenvalue weighted by molar-refractivity contribution is 5.74. The van der Waals surface area contributed by atoms with Gasteiger partial charge in [0, 0.05) is 26.2 Å². The second-order valence-electron chi connectivity index (χ2n) is 7.26. The number of rotatable bonds is 5. The minimum absolute atomic E-state index is 0.0426. The van der Waals surface area contributed by atoms with Gasteiger partial charge in [0.15, 0.2) is 0 Å². The summed E-state index contributed by atoms with van der Waals surface area (Å²) in [6, 6.07) is 8.43. The third-order valence-electron chi connectivity index (χ3n) is 5.13. The van der Waals surface area contributed by atoms with E-state index >= 15 is 0 Å². The number of likely N-dealkylation sites (N-methyl/N-ethyl adjacent to an activating group) is 1. The lowest BCUT2D eigenvalue weighted by Gasteiger charge is -2.32. The van der Waals surface area contributed by atoms with Gasteiger partial charge in [-0.05, 0) is 50.0 Å². The molecule has 0 radical (unpaired) electrons. The van der Waals surface area contributed by atoms with Crippen molar-refractivity contribution >= 4 is 6.03 Å². The first-order valence-corrected chi connectivity index (χ1v) is 9.18. The van der Waals surface area contributed by atoms with Crippen molar-refractivity contribution in [2.75, 3.05) is 39.8 Å². The van der Waals surface area contributed by atoms with Gasteiger partial charge in [0.05, 0.1) is 6.04 Å². The average molecular weight is 330 g/mol. The molecule has 0 bridgehead atoms. The summed E-state index contributed by atoms with van der Waals surface area (Å²) in [7, 11) is 2.10. The molecule has 0 aromatic heterocycles. The number of hydrogen-bond acceptors (Lipinski definition) is 3. The molecule has 132 valence electrons. The van der Waals surface area contributed by atoms with Gasteiger partial charge in [-0.2, -0.15) is 0 Å². The molecule has 2 aliphatic heterocycles. The van der Waals surface area contributed by atoms with Crippen LogP contribution in [0.3, 0.4) is 0 Å². The molecular weight excluding hydrogens is 300 g/mol. The molecule has 2 atom stereocenters. The average Bonchev–Trinajstić information content (AvgIpc) is 3.01. The molecule has 24 heavy (non-hydrogen) atoms. The Kier molecular flexibility index (Phi) is 5.74. The monoisotopic (exact) mass is 330 g/mol. The highest BCUT2D eigenvalue weighted by Crippen LogP contribution is 2.25. The molecule has 1 saturated heterocycles. The number of amides is 2. The number of fused-ring (bicyclic) bond motifs is 1.